The Morgan fingerprint density at radius 2 is 1.70 bits per heavy atom. The molecule has 0 spiro atoms. The van der Waals surface area contributed by atoms with Gasteiger partial charge in [0.05, 0.1) is 0 Å². The van der Waals surface area contributed by atoms with Gasteiger partial charge in [0.25, 0.3) is 0 Å². The van der Waals surface area contributed by atoms with E-state index in [9.17, 15) is 0 Å². The van der Waals surface area contributed by atoms with Gasteiger partial charge in [-0.3, -0.25) is 0 Å². The summed E-state index contributed by atoms with van der Waals surface area (Å²) in [5.74, 6) is 0. The number of hydrogen-bond acceptors (Lipinski definition) is 1. The SMILES string of the molecule is O=PO.[Na][c]1ccccc1. The predicted molar refractivity (Wildman–Crippen MR) is 41.7 cm³/mol. The second kappa shape index (κ2) is 7.39. The molecule has 0 aliphatic heterocycles. The van der Waals surface area contributed by atoms with E-state index >= 15 is 0 Å². The van der Waals surface area contributed by atoms with E-state index in [1.165, 1.54) is 30.7 Å². The normalized spacial score (nSPS) is 8.30. The van der Waals surface area contributed by atoms with E-state index in [1.807, 2.05) is 6.07 Å². The molecule has 0 unspecified atom stereocenters. The molecule has 0 aliphatic rings. The van der Waals surface area contributed by atoms with Crippen molar-refractivity contribution in [3.05, 3.63) is 30.3 Å². The first-order valence-corrected chi connectivity index (χ1v) is 4.56. The van der Waals surface area contributed by atoms with Crippen LogP contribution in [0, 0.1) is 0 Å². The summed E-state index contributed by atoms with van der Waals surface area (Å²) in [6.07, 6.45) is 0. The average Bonchev–Trinajstić information content (AvgIpc) is 1.91. The maximum absolute atomic E-state index is 8.46. The first kappa shape index (κ1) is 10.3. The number of rotatable bonds is 0. The molecule has 0 saturated heterocycles. The summed E-state index contributed by atoms with van der Waals surface area (Å²) >= 11 is 1.17. The summed E-state index contributed by atoms with van der Waals surface area (Å²) in [5, 5.41) is 0. The van der Waals surface area contributed by atoms with Gasteiger partial charge in [0.1, 0.15) is 0 Å². The molecule has 0 aliphatic carbocycles. The molecule has 0 atom stereocenters. The van der Waals surface area contributed by atoms with Gasteiger partial charge in [0.15, 0.2) is 0 Å². The van der Waals surface area contributed by atoms with Crippen molar-refractivity contribution >= 4 is 39.4 Å². The second-order valence-electron chi connectivity index (χ2n) is 1.74. The molecule has 0 fully saturated rings. The van der Waals surface area contributed by atoms with E-state index in [1.54, 1.807) is 0 Å². The monoisotopic (exact) mass is 164 g/mol. The van der Waals surface area contributed by atoms with Crippen LogP contribution in [0.1, 0.15) is 0 Å². The summed E-state index contributed by atoms with van der Waals surface area (Å²) < 4.78 is 9.92. The Kier molecular flexibility index (Phi) is 7.59. The van der Waals surface area contributed by atoms with Crippen LogP contribution in [-0.4, -0.2) is 32.8 Å². The van der Waals surface area contributed by atoms with Crippen molar-refractivity contribution in [2.75, 3.05) is 0 Å². The standard InChI is InChI=1S/C6H5.Na.HO2P/c1-2-4-6-5-3-1;;1-3-2/h1-5H;;(H,1,2). The third-order valence-electron chi connectivity index (χ3n) is 0.940. The van der Waals surface area contributed by atoms with Crippen LogP contribution in [0.5, 0.6) is 0 Å². The maximum atomic E-state index is 8.46. The zero-order chi connectivity index (χ0) is 7.82. The minimum absolute atomic E-state index is 0.833. The van der Waals surface area contributed by atoms with Crippen LogP contribution < -0.4 is 2.81 Å². The summed E-state index contributed by atoms with van der Waals surface area (Å²) in [4.78, 5) is 6.99. The van der Waals surface area contributed by atoms with E-state index in [0.717, 1.165) is 0 Å². The molecule has 10 heavy (non-hydrogen) atoms. The van der Waals surface area contributed by atoms with Crippen molar-refractivity contribution in [3.63, 3.8) is 0 Å². The van der Waals surface area contributed by atoms with E-state index in [4.69, 9.17) is 9.46 Å². The number of benzene rings is 1. The van der Waals surface area contributed by atoms with Gasteiger partial charge >= 0.3 is 69.8 Å². The van der Waals surface area contributed by atoms with Gasteiger partial charge in [-0.05, 0) is 0 Å². The molecule has 0 saturated carbocycles. The first-order valence-electron chi connectivity index (χ1n) is 2.79. The van der Waals surface area contributed by atoms with Crippen LogP contribution >= 0.6 is 8.69 Å². The van der Waals surface area contributed by atoms with Crippen LogP contribution in [0.3, 0.4) is 0 Å². The molecular formula is C6H6NaO2P. The summed E-state index contributed by atoms with van der Waals surface area (Å²) in [6.45, 7) is 0. The Morgan fingerprint density at radius 3 is 1.90 bits per heavy atom. The minimum atomic E-state index is -0.833. The Balaban J connectivity index is 0.000000236. The van der Waals surface area contributed by atoms with Crippen molar-refractivity contribution in [3.8, 4) is 0 Å². The average molecular weight is 164 g/mol. The van der Waals surface area contributed by atoms with Gasteiger partial charge in [-0.2, -0.15) is 0 Å². The molecule has 0 bridgehead atoms. The fourth-order valence-corrected chi connectivity index (χ4v) is 0.919. The van der Waals surface area contributed by atoms with E-state index < -0.39 is 8.69 Å². The van der Waals surface area contributed by atoms with Gasteiger partial charge in [-0.25, -0.2) is 4.57 Å². The fraction of sp³-hybridized carbons (Fsp3) is 0. The van der Waals surface area contributed by atoms with Crippen LogP contribution in [0.15, 0.2) is 30.3 Å². The summed E-state index contributed by atoms with van der Waals surface area (Å²) in [7, 11) is -0.833. The molecule has 48 valence electrons. The van der Waals surface area contributed by atoms with Gasteiger partial charge in [-0.15, -0.1) is 0 Å². The molecule has 4 heteroatoms. The Bertz CT molecular complexity index is 178. The molecule has 2 nitrogen and oxygen atoms in total. The zero-order valence-corrected chi connectivity index (χ0v) is 8.58. The molecule has 0 amide bonds. The molecule has 1 N–H and O–H groups in total. The molecule has 1 aromatic carbocycles. The van der Waals surface area contributed by atoms with Crippen LogP contribution in [0.25, 0.3) is 0 Å². The van der Waals surface area contributed by atoms with Crippen molar-refractivity contribution in [1.82, 2.24) is 0 Å². The Labute approximate surface area is 79.0 Å². The first-order chi connectivity index (χ1) is 4.81. The van der Waals surface area contributed by atoms with Crippen molar-refractivity contribution in [2.24, 2.45) is 0 Å². The van der Waals surface area contributed by atoms with Crippen molar-refractivity contribution in [1.29, 1.82) is 0 Å². The van der Waals surface area contributed by atoms with Gasteiger partial charge < -0.3 is 4.89 Å². The molecule has 1 aromatic rings. The van der Waals surface area contributed by atoms with Gasteiger partial charge in [-0.1, -0.05) is 0 Å². The topological polar surface area (TPSA) is 37.3 Å². The summed E-state index contributed by atoms with van der Waals surface area (Å²) in [6, 6.07) is 10.5. The third kappa shape index (κ3) is 6.40. The van der Waals surface area contributed by atoms with E-state index in [-0.39, 0.29) is 0 Å². The molecule has 1 rings (SSSR count). The van der Waals surface area contributed by atoms with Crippen LogP contribution in [0.4, 0.5) is 0 Å². The molecule has 0 radical (unpaired) electrons. The van der Waals surface area contributed by atoms with Crippen LogP contribution in [-0.2, 0) is 4.57 Å². The molecule has 0 aromatic heterocycles. The quantitative estimate of drug-likeness (QED) is 0.452. The van der Waals surface area contributed by atoms with Crippen molar-refractivity contribution in [2.45, 2.75) is 0 Å². The van der Waals surface area contributed by atoms with Crippen LogP contribution in [0.2, 0.25) is 0 Å². The zero-order valence-electron chi connectivity index (χ0n) is 5.69. The van der Waals surface area contributed by atoms with Crippen molar-refractivity contribution < 1.29 is 9.46 Å². The predicted octanol–water partition coefficient (Wildman–Crippen LogP) is 0.666. The third-order valence-corrected chi connectivity index (χ3v) is 1.61. The number of hydrogen-bond donors (Lipinski definition) is 1. The molecular weight excluding hydrogens is 158 g/mol. The van der Waals surface area contributed by atoms with Gasteiger partial charge in [0.2, 0.25) is 0 Å². The van der Waals surface area contributed by atoms with Gasteiger partial charge in [0, 0.05) is 0 Å². The Hall–Kier alpha value is 0.280. The fourth-order valence-electron chi connectivity index (χ4n) is 0.534. The van der Waals surface area contributed by atoms with E-state index in [0.29, 0.717) is 0 Å². The second-order valence-corrected chi connectivity index (χ2v) is 3.05. The Morgan fingerprint density at radius 1 is 1.30 bits per heavy atom. The summed E-state index contributed by atoms with van der Waals surface area (Å²) in [5.41, 5.74) is 0. The van der Waals surface area contributed by atoms with E-state index in [2.05, 4.69) is 24.3 Å². The molecule has 0 heterocycles.